The fourth-order valence-corrected chi connectivity index (χ4v) is 3.84. The van der Waals surface area contributed by atoms with Gasteiger partial charge in [-0.05, 0) is 37.6 Å². The summed E-state index contributed by atoms with van der Waals surface area (Å²) in [6.45, 7) is 3.29. The second-order valence-corrected chi connectivity index (χ2v) is 8.71. The molecule has 0 bridgehead atoms. The molecule has 0 fully saturated rings. The molecule has 0 aromatic heterocycles. The largest absolute Gasteiger partial charge is 0.271 e. The zero-order valence-electron chi connectivity index (χ0n) is 15.0. The van der Waals surface area contributed by atoms with Gasteiger partial charge in [-0.2, -0.15) is 5.10 Å². The van der Waals surface area contributed by atoms with Gasteiger partial charge in [-0.3, -0.25) is 9.10 Å². The standard InChI is InChI=1S/C18H19Cl2N3O3S/c1-12-7-8-17(13(2)9-12)23(27(3,25)26)11-18(24)22-21-10-14-15(19)5-4-6-16(14)20/h4-10H,11H2,1-3H3,(H,22,24)/b21-10-. The maximum atomic E-state index is 12.2. The van der Waals surface area contributed by atoms with Crippen molar-refractivity contribution in [2.45, 2.75) is 13.8 Å². The SMILES string of the molecule is Cc1ccc(N(CC(=O)N/N=C\c2c(Cl)cccc2Cl)S(C)(=O)=O)c(C)c1. The molecule has 9 heteroatoms. The van der Waals surface area contributed by atoms with E-state index >= 15 is 0 Å². The number of benzene rings is 2. The average molecular weight is 428 g/mol. The van der Waals surface area contributed by atoms with E-state index in [1.54, 1.807) is 37.3 Å². The first-order valence-corrected chi connectivity index (χ1v) is 10.5. The van der Waals surface area contributed by atoms with Gasteiger partial charge in [0.25, 0.3) is 5.91 Å². The quantitative estimate of drug-likeness (QED) is 0.565. The van der Waals surface area contributed by atoms with Crippen LogP contribution in [0.25, 0.3) is 0 Å². The van der Waals surface area contributed by atoms with E-state index in [0.29, 0.717) is 21.3 Å². The summed E-state index contributed by atoms with van der Waals surface area (Å²) < 4.78 is 25.4. The van der Waals surface area contributed by atoms with Crippen LogP contribution >= 0.6 is 23.2 Å². The molecule has 27 heavy (non-hydrogen) atoms. The van der Waals surface area contributed by atoms with Crippen molar-refractivity contribution in [3.8, 4) is 0 Å². The van der Waals surface area contributed by atoms with E-state index in [1.165, 1.54) is 6.21 Å². The molecule has 1 N–H and O–H groups in total. The molecule has 0 unspecified atom stereocenters. The Morgan fingerprint density at radius 1 is 1.19 bits per heavy atom. The molecule has 2 rings (SSSR count). The third-order valence-corrected chi connectivity index (χ3v) is 5.48. The maximum absolute atomic E-state index is 12.2. The Labute approximate surface area is 168 Å². The minimum Gasteiger partial charge on any atom is -0.271 e. The summed E-state index contributed by atoms with van der Waals surface area (Å²) in [5, 5.41) is 4.58. The molecule has 0 saturated carbocycles. The number of anilines is 1. The highest BCUT2D eigenvalue weighted by atomic mass is 35.5. The molecule has 0 heterocycles. The molecule has 0 atom stereocenters. The van der Waals surface area contributed by atoms with Crippen LogP contribution in [0.3, 0.4) is 0 Å². The monoisotopic (exact) mass is 427 g/mol. The van der Waals surface area contributed by atoms with Gasteiger partial charge in [-0.25, -0.2) is 13.8 Å². The van der Waals surface area contributed by atoms with E-state index in [0.717, 1.165) is 21.7 Å². The number of carbonyl (C=O) groups excluding carboxylic acids is 1. The summed E-state index contributed by atoms with van der Waals surface area (Å²) in [6, 6.07) is 10.3. The van der Waals surface area contributed by atoms with Crippen molar-refractivity contribution >= 4 is 51.0 Å². The molecule has 2 aromatic rings. The first kappa shape index (κ1) is 21.2. The van der Waals surface area contributed by atoms with Crippen LogP contribution in [0.5, 0.6) is 0 Å². The van der Waals surface area contributed by atoms with Gasteiger partial charge in [0.1, 0.15) is 6.54 Å². The van der Waals surface area contributed by atoms with Crippen LogP contribution in [-0.4, -0.2) is 33.3 Å². The summed E-state index contributed by atoms with van der Waals surface area (Å²) >= 11 is 12.0. The molecule has 0 radical (unpaired) electrons. The third-order valence-electron chi connectivity index (χ3n) is 3.69. The maximum Gasteiger partial charge on any atom is 0.260 e. The molecule has 6 nitrogen and oxygen atoms in total. The summed E-state index contributed by atoms with van der Waals surface area (Å²) in [4.78, 5) is 12.2. The van der Waals surface area contributed by atoms with Crippen molar-refractivity contribution in [2.24, 2.45) is 5.10 Å². The van der Waals surface area contributed by atoms with Crippen LogP contribution in [0.2, 0.25) is 10.0 Å². The van der Waals surface area contributed by atoms with Crippen LogP contribution in [-0.2, 0) is 14.8 Å². The van der Waals surface area contributed by atoms with Gasteiger partial charge in [-0.1, -0.05) is 47.0 Å². The molecule has 1 amide bonds. The van der Waals surface area contributed by atoms with E-state index < -0.39 is 22.5 Å². The first-order valence-electron chi connectivity index (χ1n) is 7.90. The summed E-state index contributed by atoms with van der Waals surface area (Å²) in [6.07, 6.45) is 2.36. The van der Waals surface area contributed by atoms with Gasteiger partial charge in [0.15, 0.2) is 0 Å². The Balaban J connectivity index is 2.16. The second kappa shape index (κ2) is 8.73. The van der Waals surface area contributed by atoms with Gasteiger partial charge < -0.3 is 0 Å². The van der Waals surface area contributed by atoms with Gasteiger partial charge in [0.2, 0.25) is 10.0 Å². The lowest BCUT2D eigenvalue weighted by atomic mass is 10.1. The molecule has 0 saturated heterocycles. The Morgan fingerprint density at radius 2 is 1.81 bits per heavy atom. The lowest BCUT2D eigenvalue weighted by molar-refractivity contribution is -0.119. The molecule has 0 spiro atoms. The van der Waals surface area contributed by atoms with Gasteiger partial charge in [0, 0.05) is 5.56 Å². The topological polar surface area (TPSA) is 78.8 Å². The fraction of sp³-hybridized carbons (Fsp3) is 0.222. The third kappa shape index (κ3) is 5.69. The Kier molecular flexibility index (Phi) is 6.86. The van der Waals surface area contributed by atoms with Crippen LogP contribution in [0.1, 0.15) is 16.7 Å². The van der Waals surface area contributed by atoms with E-state index in [2.05, 4.69) is 10.5 Å². The highest BCUT2D eigenvalue weighted by Gasteiger charge is 2.22. The number of carbonyl (C=O) groups is 1. The van der Waals surface area contributed by atoms with E-state index in [1.807, 2.05) is 13.0 Å². The Bertz CT molecular complexity index is 971. The van der Waals surface area contributed by atoms with Crippen molar-refractivity contribution in [1.82, 2.24) is 5.43 Å². The molecule has 0 aliphatic heterocycles. The molecule has 144 valence electrons. The first-order chi connectivity index (χ1) is 12.6. The number of nitrogens with one attached hydrogen (secondary N) is 1. The lowest BCUT2D eigenvalue weighted by Crippen LogP contribution is -2.39. The van der Waals surface area contributed by atoms with Crippen LogP contribution in [0.4, 0.5) is 5.69 Å². The van der Waals surface area contributed by atoms with Crippen molar-refractivity contribution in [1.29, 1.82) is 0 Å². The van der Waals surface area contributed by atoms with Crippen LogP contribution in [0.15, 0.2) is 41.5 Å². The number of nitrogens with zero attached hydrogens (tertiary/aromatic N) is 2. The number of hydrazone groups is 1. The van der Waals surface area contributed by atoms with Crippen LogP contribution < -0.4 is 9.73 Å². The van der Waals surface area contributed by atoms with Crippen molar-refractivity contribution < 1.29 is 13.2 Å². The molecular weight excluding hydrogens is 409 g/mol. The Hall–Kier alpha value is -2.09. The average Bonchev–Trinajstić information content (AvgIpc) is 2.55. The number of amides is 1. The number of hydrogen-bond donors (Lipinski definition) is 1. The number of halogens is 2. The molecular formula is C18H19Cl2N3O3S. The normalized spacial score (nSPS) is 11.6. The number of aryl methyl sites for hydroxylation is 2. The van der Waals surface area contributed by atoms with E-state index in [-0.39, 0.29) is 0 Å². The van der Waals surface area contributed by atoms with Gasteiger partial charge >= 0.3 is 0 Å². The summed E-state index contributed by atoms with van der Waals surface area (Å²) in [7, 11) is -3.66. The zero-order valence-corrected chi connectivity index (χ0v) is 17.4. The second-order valence-electron chi connectivity index (χ2n) is 5.99. The molecule has 0 aliphatic carbocycles. The molecule has 2 aromatic carbocycles. The van der Waals surface area contributed by atoms with Crippen molar-refractivity contribution in [3.05, 3.63) is 63.1 Å². The smallest absolute Gasteiger partial charge is 0.260 e. The van der Waals surface area contributed by atoms with Crippen LogP contribution in [0, 0.1) is 13.8 Å². The van der Waals surface area contributed by atoms with Crippen molar-refractivity contribution in [3.63, 3.8) is 0 Å². The van der Waals surface area contributed by atoms with E-state index in [4.69, 9.17) is 23.2 Å². The van der Waals surface area contributed by atoms with Gasteiger partial charge in [0.05, 0.1) is 28.2 Å². The molecule has 0 aliphatic rings. The lowest BCUT2D eigenvalue weighted by Gasteiger charge is -2.23. The summed E-state index contributed by atoms with van der Waals surface area (Å²) in [5.74, 6) is -0.597. The minimum absolute atomic E-state index is 0.383. The highest BCUT2D eigenvalue weighted by molar-refractivity contribution is 7.92. The van der Waals surface area contributed by atoms with E-state index in [9.17, 15) is 13.2 Å². The number of sulfonamides is 1. The number of rotatable bonds is 6. The predicted octanol–water partition coefficient (Wildman–Crippen LogP) is 3.53. The zero-order chi connectivity index (χ0) is 20.2. The number of hydrogen-bond acceptors (Lipinski definition) is 4. The fourth-order valence-electron chi connectivity index (χ4n) is 2.43. The van der Waals surface area contributed by atoms with Crippen molar-refractivity contribution in [2.75, 3.05) is 17.1 Å². The van der Waals surface area contributed by atoms with Gasteiger partial charge in [-0.15, -0.1) is 0 Å². The summed E-state index contributed by atoms with van der Waals surface area (Å²) in [5.41, 5.74) is 4.94. The minimum atomic E-state index is -3.66. The highest BCUT2D eigenvalue weighted by Crippen LogP contribution is 2.24. The Morgan fingerprint density at radius 3 is 2.37 bits per heavy atom. The predicted molar refractivity (Wildman–Crippen MR) is 110 cm³/mol.